The summed E-state index contributed by atoms with van der Waals surface area (Å²) in [6, 6.07) is 8.77. The Morgan fingerprint density at radius 3 is 2.22 bits per heavy atom. The SMILES string of the molecule is C=C1C(=CC=C(CCCCCC(C)(C)O)c2cccc(CCCCCC(C)(C)O)c2)C[C@@H](O)C[C@@H]1O. The molecule has 1 saturated carbocycles. The number of benzene rings is 1. The van der Waals surface area contributed by atoms with Gasteiger partial charge in [0.15, 0.2) is 0 Å². The summed E-state index contributed by atoms with van der Waals surface area (Å²) in [5.41, 5.74) is 4.21. The van der Waals surface area contributed by atoms with Crippen LogP contribution in [0.3, 0.4) is 0 Å². The lowest BCUT2D eigenvalue weighted by molar-refractivity contribution is 0.0674. The molecule has 2 rings (SSSR count). The highest BCUT2D eigenvalue weighted by Crippen LogP contribution is 2.30. The van der Waals surface area contributed by atoms with Gasteiger partial charge in [0.05, 0.1) is 23.4 Å². The van der Waals surface area contributed by atoms with Crippen LogP contribution in [0.4, 0.5) is 0 Å². The standard InChI is InChI=1S/C32H50O4/c1-24-27(22-29(33)23-30(24)34)18-17-26(15-9-7-11-20-32(4,5)36)28-16-12-14-25(21-28)13-8-6-10-19-31(2,3)35/h12,14,16-18,21,29-30,33-36H,1,6-11,13,15,19-20,22-23H2,2-5H3/t29-,30+/m1/s1. The smallest absolute Gasteiger partial charge is 0.0811 e. The number of unbranched alkanes of at least 4 members (excludes halogenated alkanes) is 4. The Hall–Kier alpha value is -1.72. The highest BCUT2D eigenvalue weighted by atomic mass is 16.3. The number of aliphatic hydroxyl groups excluding tert-OH is 2. The molecule has 0 spiro atoms. The van der Waals surface area contributed by atoms with Crippen molar-refractivity contribution in [2.24, 2.45) is 0 Å². The van der Waals surface area contributed by atoms with Crippen LogP contribution in [0, 0.1) is 0 Å². The molecule has 0 bridgehead atoms. The zero-order chi connectivity index (χ0) is 26.8. The van der Waals surface area contributed by atoms with Crippen LogP contribution in [-0.2, 0) is 6.42 Å². The lowest BCUT2D eigenvalue weighted by atomic mass is 9.85. The van der Waals surface area contributed by atoms with E-state index >= 15 is 0 Å². The Kier molecular flexibility index (Phi) is 12.1. The molecule has 0 aromatic heterocycles. The van der Waals surface area contributed by atoms with Crippen molar-refractivity contribution >= 4 is 5.57 Å². The molecule has 1 aromatic rings. The van der Waals surface area contributed by atoms with Crippen LogP contribution in [0.1, 0.15) is 109 Å². The second-order valence-corrected chi connectivity index (χ2v) is 12.0. The molecule has 4 nitrogen and oxygen atoms in total. The zero-order valence-corrected chi connectivity index (χ0v) is 23.1. The minimum Gasteiger partial charge on any atom is -0.393 e. The third-order valence-electron chi connectivity index (χ3n) is 7.04. The fourth-order valence-corrected chi connectivity index (χ4v) is 4.82. The van der Waals surface area contributed by atoms with E-state index < -0.39 is 23.4 Å². The van der Waals surface area contributed by atoms with Crippen molar-refractivity contribution in [2.75, 3.05) is 0 Å². The van der Waals surface area contributed by atoms with Gasteiger partial charge >= 0.3 is 0 Å². The van der Waals surface area contributed by atoms with Crippen LogP contribution < -0.4 is 0 Å². The van der Waals surface area contributed by atoms with Gasteiger partial charge in [-0.15, -0.1) is 0 Å². The summed E-state index contributed by atoms with van der Waals surface area (Å²) in [6.07, 6.45) is 13.8. The lowest BCUT2D eigenvalue weighted by Crippen LogP contribution is -2.26. The molecule has 4 N–H and O–H groups in total. The van der Waals surface area contributed by atoms with Gasteiger partial charge in [0.25, 0.3) is 0 Å². The van der Waals surface area contributed by atoms with Crippen molar-refractivity contribution in [2.45, 2.75) is 128 Å². The lowest BCUT2D eigenvalue weighted by Gasteiger charge is -2.26. The molecule has 4 heteroatoms. The predicted octanol–water partition coefficient (Wildman–Crippen LogP) is 6.66. The minimum absolute atomic E-state index is 0.353. The maximum absolute atomic E-state index is 10.2. The Bertz CT molecular complexity index is 882. The van der Waals surface area contributed by atoms with Gasteiger partial charge in [-0.25, -0.2) is 0 Å². The van der Waals surface area contributed by atoms with E-state index in [1.165, 1.54) is 16.7 Å². The number of hydrogen-bond acceptors (Lipinski definition) is 4. The average molecular weight is 499 g/mol. The van der Waals surface area contributed by atoms with Crippen LogP contribution >= 0.6 is 0 Å². The summed E-state index contributed by atoms with van der Waals surface area (Å²) in [6.45, 7) is 11.5. The summed E-state index contributed by atoms with van der Waals surface area (Å²) in [7, 11) is 0. The molecule has 1 aliphatic rings. The summed E-state index contributed by atoms with van der Waals surface area (Å²) in [5.74, 6) is 0. The van der Waals surface area contributed by atoms with Gasteiger partial charge in [0, 0.05) is 6.42 Å². The number of aliphatic hydroxyl groups is 4. The van der Waals surface area contributed by atoms with E-state index in [0.29, 0.717) is 18.4 Å². The Balaban J connectivity index is 2.11. The molecule has 0 amide bonds. The van der Waals surface area contributed by atoms with E-state index in [9.17, 15) is 20.4 Å². The summed E-state index contributed by atoms with van der Waals surface area (Å²) in [5, 5.41) is 40.2. The van der Waals surface area contributed by atoms with E-state index in [-0.39, 0.29) is 0 Å². The number of hydrogen-bond donors (Lipinski definition) is 4. The molecule has 0 unspecified atom stereocenters. The molecule has 1 fully saturated rings. The van der Waals surface area contributed by atoms with Gasteiger partial charge < -0.3 is 20.4 Å². The molecular formula is C32H50O4. The fourth-order valence-electron chi connectivity index (χ4n) is 4.82. The molecule has 202 valence electrons. The summed E-state index contributed by atoms with van der Waals surface area (Å²) < 4.78 is 0. The van der Waals surface area contributed by atoms with Crippen molar-refractivity contribution in [3.63, 3.8) is 0 Å². The highest BCUT2D eigenvalue weighted by molar-refractivity contribution is 5.68. The minimum atomic E-state index is -0.682. The monoisotopic (exact) mass is 498 g/mol. The highest BCUT2D eigenvalue weighted by Gasteiger charge is 2.24. The van der Waals surface area contributed by atoms with E-state index in [1.54, 1.807) is 0 Å². The summed E-state index contributed by atoms with van der Waals surface area (Å²) in [4.78, 5) is 0. The van der Waals surface area contributed by atoms with Crippen molar-refractivity contribution in [3.8, 4) is 0 Å². The fraction of sp³-hybridized carbons (Fsp3) is 0.625. The maximum atomic E-state index is 10.2. The van der Waals surface area contributed by atoms with Crippen LogP contribution in [0.2, 0.25) is 0 Å². The normalized spacial score (nSPS) is 20.8. The maximum Gasteiger partial charge on any atom is 0.0811 e. The van der Waals surface area contributed by atoms with Crippen molar-refractivity contribution in [1.29, 1.82) is 0 Å². The van der Waals surface area contributed by atoms with Gasteiger partial charge in [-0.1, -0.05) is 68.7 Å². The van der Waals surface area contributed by atoms with Crippen LogP contribution in [0.15, 0.2) is 54.1 Å². The average Bonchev–Trinajstić information content (AvgIpc) is 2.77. The van der Waals surface area contributed by atoms with Crippen LogP contribution in [0.5, 0.6) is 0 Å². The first kappa shape index (κ1) is 30.5. The molecule has 2 atom stereocenters. The van der Waals surface area contributed by atoms with Gasteiger partial charge in [-0.3, -0.25) is 0 Å². The van der Waals surface area contributed by atoms with Crippen molar-refractivity contribution < 1.29 is 20.4 Å². The van der Waals surface area contributed by atoms with Gasteiger partial charge in [-0.2, -0.15) is 0 Å². The number of allylic oxidation sites excluding steroid dienone is 3. The molecule has 0 saturated heterocycles. The first-order valence-electron chi connectivity index (χ1n) is 13.8. The first-order chi connectivity index (χ1) is 16.8. The molecule has 36 heavy (non-hydrogen) atoms. The Morgan fingerprint density at radius 1 is 0.944 bits per heavy atom. The number of rotatable bonds is 14. The quantitative estimate of drug-likeness (QED) is 0.216. The van der Waals surface area contributed by atoms with Crippen molar-refractivity contribution in [1.82, 2.24) is 0 Å². The van der Waals surface area contributed by atoms with E-state index in [0.717, 1.165) is 69.8 Å². The predicted molar refractivity (Wildman–Crippen MR) is 151 cm³/mol. The first-order valence-corrected chi connectivity index (χ1v) is 13.8. The third kappa shape index (κ3) is 12.0. The molecule has 1 aliphatic carbocycles. The third-order valence-corrected chi connectivity index (χ3v) is 7.04. The second-order valence-electron chi connectivity index (χ2n) is 12.0. The van der Waals surface area contributed by atoms with Gasteiger partial charge in [0.2, 0.25) is 0 Å². The van der Waals surface area contributed by atoms with Crippen molar-refractivity contribution in [3.05, 3.63) is 65.3 Å². The topological polar surface area (TPSA) is 80.9 Å². The Morgan fingerprint density at radius 2 is 1.58 bits per heavy atom. The molecule has 0 aliphatic heterocycles. The molecule has 1 aromatic carbocycles. The Labute approximate surface area is 219 Å². The molecule has 0 radical (unpaired) electrons. The summed E-state index contributed by atoms with van der Waals surface area (Å²) >= 11 is 0. The van der Waals surface area contributed by atoms with E-state index in [2.05, 4.69) is 36.9 Å². The number of aryl methyl sites for hydroxylation is 1. The van der Waals surface area contributed by atoms with Gasteiger partial charge in [-0.05, 0) is 100 Å². The second kappa shape index (κ2) is 14.3. The molecule has 0 heterocycles. The zero-order valence-electron chi connectivity index (χ0n) is 23.1. The molecular weight excluding hydrogens is 448 g/mol. The van der Waals surface area contributed by atoms with Crippen LogP contribution in [-0.4, -0.2) is 43.8 Å². The van der Waals surface area contributed by atoms with Crippen LogP contribution in [0.25, 0.3) is 5.57 Å². The largest absolute Gasteiger partial charge is 0.393 e. The van der Waals surface area contributed by atoms with Gasteiger partial charge in [0.1, 0.15) is 0 Å². The van der Waals surface area contributed by atoms with E-state index in [1.807, 2.05) is 33.8 Å². The van der Waals surface area contributed by atoms with E-state index in [4.69, 9.17) is 0 Å².